The Kier molecular flexibility index (Phi) is 7.92. The van der Waals surface area contributed by atoms with Gasteiger partial charge in [-0.1, -0.05) is 58.5 Å². The van der Waals surface area contributed by atoms with Crippen molar-refractivity contribution < 1.29 is 9.59 Å². The maximum Gasteiger partial charge on any atom is 0.254 e. The summed E-state index contributed by atoms with van der Waals surface area (Å²) in [5, 5.41) is 8.55. The number of Topliss-reactive ketones (excluding diaryl/α,β-unsaturated/α-hetero) is 1. The van der Waals surface area contributed by atoms with E-state index in [2.05, 4.69) is 16.0 Å². The Labute approximate surface area is 187 Å². The highest BCUT2D eigenvalue weighted by Gasteiger charge is 2.35. The molecule has 0 saturated carbocycles. The standard InChI is InChI=1S/C18H15Cl4N3O2S/c1-10(26)11-6-8-12(9-7-11)23-17(28)25-16(18(20,21)22)24-15(27)13-4-2-3-5-14(13)19/h2-9,16H,1H3,(H,24,27)(H2,23,25,28). The molecule has 5 nitrogen and oxygen atoms in total. The van der Waals surface area contributed by atoms with E-state index in [-0.39, 0.29) is 21.5 Å². The average Bonchev–Trinajstić information content (AvgIpc) is 2.61. The summed E-state index contributed by atoms with van der Waals surface area (Å²) in [6, 6.07) is 13.1. The van der Waals surface area contributed by atoms with E-state index < -0.39 is 15.9 Å². The summed E-state index contributed by atoms with van der Waals surface area (Å²) in [5.74, 6) is -0.589. The largest absolute Gasteiger partial charge is 0.339 e. The van der Waals surface area contributed by atoms with Crippen LogP contribution < -0.4 is 16.0 Å². The van der Waals surface area contributed by atoms with Gasteiger partial charge in [0.15, 0.2) is 10.9 Å². The molecule has 0 aliphatic heterocycles. The Balaban J connectivity index is 2.07. The normalized spacial score (nSPS) is 12.0. The van der Waals surface area contributed by atoms with Crippen LogP contribution in [0.3, 0.4) is 0 Å². The molecular formula is C18H15Cl4N3O2S. The second-order valence-electron chi connectivity index (χ2n) is 5.66. The molecule has 0 heterocycles. The molecule has 2 aromatic carbocycles. The third kappa shape index (κ3) is 6.50. The van der Waals surface area contributed by atoms with Crippen LogP contribution in [0.5, 0.6) is 0 Å². The highest BCUT2D eigenvalue weighted by molar-refractivity contribution is 7.80. The van der Waals surface area contributed by atoms with E-state index in [1.807, 2.05) is 0 Å². The van der Waals surface area contributed by atoms with Gasteiger partial charge >= 0.3 is 0 Å². The first-order valence-corrected chi connectivity index (χ1v) is 9.80. The topological polar surface area (TPSA) is 70.2 Å². The summed E-state index contributed by atoms with van der Waals surface area (Å²) in [5.41, 5.74) is 1.41. The minimum Gasteiger partial charge on any atom is -0.339 e. The minimum atomic E-state index is -1.90. The average molecular weight is 479 g/mol. The lowest BCUT2D eigenvalue weighted by molar-refractivity contribution is 0.0934. The van der Waals surface area contributed by atoms with E-state index in [4.69, 9.17) is 58.6 Å². The first kappa shape index (κ1) is 22.7. The molecule has 0 saturated heterocycles. The van der Waals surface area contributed by atoms with Crippen molar-refractivity contribution in [3.05, 3.63) is 64.7 Å². The zero-order chi connectivity index (χ0) is 20.9. The SMILES string of the molecule is CC(=O)c1ccc(NC(=S)NC(NC(=O)c2ccccc2Cl)C(Cl)(Cl)Cl)cc1. The number of rotatable bonds is 5. The molecule has 0 aliphatic carbocycles. The molecule has 10 heteroatoms. The molecule has 1 unspecified atom stereocenters. The lowest BCUT2D eigenvalue weighted by Crippen LogP contribution is -2.56. The maximum absolute atomic E-state index is 12.5. The molecule has 0 aromatic heterocycles. The van der Waals surface area contributed by atoms with E-state index in [0.29, 0.717) is 11.3 Å². The van der Waals surface area contributed by atoms with Gasteiger partial charge in [-0.3, -0.25) is 9.59 Å². The number of benzene rings is 2. The van der Waals surface area contributed by atoms with Gasteiger partial charge in [0.1, 0.15) is 6.17 Å². The molecule has 2 aromatic rings. The number of hydrogen-bond donors (Lipinski definition) is 3. The third-order valence-corrected chi connectivity index (χ3v) is 4.75. The van der Waals surface area contributed by atoms with E-state index in [0.717, 1.165) is 0 Å². The maximum atomic E-state index is 12.5. The Morgan fingerprint density at radius 2 is 1.61 bits per heavy atom. The zero-order valence-corrected chi connectivity index (χ0v) is 18.3. The summed E-state index contributed by atoms with van der Waals surface area (Å²) in [6.07, 6.45) is -1.14. The monoisotopic (exact) mass is 477 g/mol. The number of thiocarbonyl (C=S) groups is 1. The van der Waals surface area contributed by atoms with Gasteiger partial charge in [-0.05, 0) is 55.5 Å². The van der Waals surface area contributed by atoms with Crippen molar-refractivity contribution in [2.75, 3.05) is 5.32 Å². The fraction of sp³-hybridized carbons (Fsp3) is 0.167. The number of amides is 1. The Hall–Kier alpha value is -1.57. The molecule has 0 radical (unpaired) electrons. The number of hydrogen-bond acceptors (Lipinski definition) is 3. The van der Waals surface area contributed by atoms with E-state index >= 15 is 0 Å². The summed E-state index contributed by atoms with van der Waals surface area (Å²) in [7, 11) is 0. The van der Waals surface area contributed by atoms with Gasteiger partial charge < -0.3 is 16.0 Å². The van der Waals surface area contributed by atoms with E-state index in [1.165, 1.54) is 6.92 Å². The quantitative estimate of drug-likeness (QED) is 0.245. The van der Waals surface area contributed by atoms with Gasteiger partial charge in [0.05, 0.1) is 10.6 Å². The van der Waals surface area contributed by atoms with Crippen molar-refractivity contribution in [3.63, 3.8) is 0 Å². The van der Waals surface area contributed by atoms with Gasteiger partial charge in [0.25, 0.3) is 5.91 Å². The molecule has 0 bridgehead atoms. The molecule has 148 valence electrons. The molecule has 0 spiro atoms. The highest BCUT2D eigenvalue weighted by atomic mass is 35.6. The first-order chi connectivity index (χ1) is 13.1. The molecule has 1 atom stereocenters. The number of carbonyl (C=O) groups is 2. The summed E-state index contributed by atoms with van der Waals surface area (Å²) in [4.78, 5) is 23.8. The van der Waals surface area contributed by atoms with Crippen LogP contribution in [0.1, 0.15) is 27.6 Å². The van der Waals surface area contributed by atoms with Crippen LogP contribution in [-0.4, -0.2) is 26.8 Å². The summed E-state index contributed by atoms with van der Waals surface area (Å²) >= 11 is 29.1. The van der Waals surface area contributed by atoms with Crippen LogP contribution in [-0.2, 0) is 0 Å². The van der Waals surface area contributed by atoms with E-state index in [9.17, 15) is 9.59 Å². The Morgan fingerprint density at radius 1 is 1.00 bits per heavy atom. The van der Waals surface area contributed by atoms with Gasteiger partial charge in [0, 0.05) is 11.3 Å². The fourth-order valence-electron chi connectivity index (χ4n) is 2.14. The second-order valence-corrected chi connectivity index (χ2v) is 8.84. The third-order valence-electron chi connectivity index (χ3n) is 3.55. The van der Waals surface area contributed by atoms with Gasteiger partial charge in [-0.25, -0.2) is 0 Å². The first-order valence-electron chi connectivity index (χ1n) is 7.88. The highest BCUT2D eigenvalue weighted by Crippen LogP contribution is 2.29. The van der Waals surface area contributed by atoms with Crippen LogP contribution in [0.2, 0.25) is 5.02 Å². The predicted molar refractivity (Wildman–Crippen MR) is 119 cm³/mol. The van der Waals surface area contributed by atoms with Crippen molar-refractivity contribution in [1.29, 1.82) is 0 Å². The molecule has 3 N–H and O–H groups in total. The number of ketones is 1. The van der Waals surface area contributed by atoms with Crippen molar-refractivity contribution in [1.82, 2.24) is 10.6 Å². The van der Waals surface area contributed by atoms with Crippen LogP contribution in [0.4, 0.5) is 5.69 Å². The number of halogens is 4. The Morgan fingerprint density at radius 3 is 2.14 bits per heavy atom. The smallest absolute Gasteiger partial charge is 0.254 e. The molecule has 2 rings (SSSR count). The van der Waals surface area contributed by atoms with Crippen molar-refractivity contribution in [3.8, 4) is 0 Å². The lowest BCUT2D eigenvalue weighted by Gasteiger charge is -2.28. The van der Waals surface area contributed by atoms with Crippen LogP contribution in [0, 0.1) is 0 Å². The Bertz CT molecular complexity index is 885. The van der Waals surface area contributed by atoms with Crippen LogP contribution in [0.15, 0.2) is 48.5 Å². The van der Waals surface area contributed by atoms with E-state index in [1.54, 1.807) is 48.5 Å². The minimum absolute atomic E-state index is 0.0502. The number of alkyl halides is 3. The summed E-state index contributed by atoms with van der Waals surface area (Å²) in [6.45, 7) is 1.47. The molecule has 0 fully saturated rings. The van der Waals surface area contributed by atoms with Crippen molar-refractivity contribution in [2.24, 2.45) is 0 Å². The fourth-order valence-corrected chi connectivity index (χ4v) is 2.93. The predicted octanol–water partition coefficient (Wildman–Crippen LogP) is 4.96. The number of carbonyl (C=O) groups excluding carboxylic acids is 2. The van der Waals surface area contributed by atoms with Crippen molar-refractivity contribution in [2.45, 2.75) is 16.9 Å². The van der Waals surface area contributed by atoms with Crippen molar-refractivity contribution >= 4 is 81.1 Å². The zero-order valence-electron chi connectivity index (χ0n) is 14.4. The van der Waals surface area contributed by atoms with Gasteiger partial charge in [0.2, 0.25) is 3.79 Å². The molecule has 28 heavy (non-hydrogen) atoms. The lowest BCUT2D eigenvalue weighted by atomic mass is 10.1. The molecular weight excluding hydrogens is 464 g/mol. The van der Waals surface area contributed by atoms with Gasteiger partial charge in [-0.15, -0.1) is 0 Å². The molecule has 0 aliphatic rings. The number of anilines is 1. The van der Waals surface area contributed by atoms with Crippen LogP contribution in [0.25, 0.3) is 0 Å². The summed E-state index contributed by atoms with van der Waals surface area (Å²) < 4.78 is -1.90. The number of nitrogens with one attached hydrogen (secondary N) is 3. The van der Waals surface area contributed by atoms with Gasteiger partial charge in [-0.2, -0.15) is 0 Å². The van der Waals surface area contributed by atoms with Crippen LogP contribution >= 0.6 is 58.6 Å². The second kappa shape index (κ2) is 9.76. The molecule has 1 amide bonds.